The zero-order valence-electron chi connectivity index (χ0n) is 18.1. The molecule has 166 valence electrons. The number of nitrogens with two attached hydrogens (primary N) is 1. The zero-order chi connectivity index (χ0) is 21.5. The maximum Gasteiger partial charge on any atom is 0.238 e. The van der Waals surface area contributed by atoms with Crippen LogP contribution in [0.15, 0.2) is 58.4 Å². The molecule has 0 atom stereocenters. The van der Waals surface area contributed by atoms with Gasteiger partial charge in [-0.1, -0.05) is 57.2 Å². The molecule has 2 rings (SSSR count). The Hall–Kier alpha value is -1.65. The van der Waals surface area contributed by atoms with Crippen LogP contribution in [0.2, 0.25) is 0 Å². The number of nitrogens with zero attached hydrogens (tertiary/aromatic N) is 1. The van der Waals surface area contributed by atoms with Gasteiger partial charge in [0.2, 0.25) is 10.0 Å². The normalized spacial score (nSPS) is 12.2. The summed E-state index contributed by atoms with van der Waals surface area (Å²) in [6, 6.07) is 15.4. The third kappa shape index (κ3) is 8.61. The van der Waals surface area contributed by atoms with E-state index in [1.54, 1.807) is 19.2 Å². The quantitative estimate of drug-likeness (QED) is 0.284. The Morgan fingerprint density at radius 2 is 1.33 bits per heavy atom. The highest BCUT2D eigenvalue weighted by Crippen LogP contribution is 2.22. The lowest BCUT2D eigenvalue weighted by molar-refractivity contribution is 0.590. The lowest BCUT2D eigenvalue weighted by Gasteiger charge is -2.19. The zero-order valence-corrected chi connectivity index (χ0v) is 21.3. The summed E-state index contributed by atoms with van der Waals surface area (Å²) in [5.41, 5.74) is 3.82. The smallest absolute Gasteiger partial charge is 0.238 e. The van der Waals surface area contributed by atoms with Crippen molar-refractivity contribution in [3.8, 4) is 0 Å². The minimum Gasteiger partial charge on any atom is -0.356 e. The van der Waals surface area contributed by atoms with Crippen LogP contribution >= 0.6 is 24.0 Å². The second kappa shape index (κ2) is 11.7. The van der Waals surface area contributed by atoms with Gasteiger partial charge in [0.15, 0.2) is 5.96 Å². The first kappa shape index (κ1) is 26.4. The minimum absolute atomic E-state index is 0. The fourth-order valence-corrected chi connectivity index (χ4v) is 3.40. The van der Waals surface area contributed by atoms with Crippen LogP contribution in [0, 0.1) is 0 Å². The van der Waals surface area contributed by atoms with Gasteiger partial charge in [0, 0.05) is 20.1 Å². The summed E-state index contributed by atoms with van der Waals surface area (Å²) in [7, 11) is -1.90. The first-order chi connectivity index (χ1) is 13.6. The summed E-state index contributed by atoms with van der Waals surface area (Å²) < 4.78 is 22.6. The van der Waals surface area contributed by atoms with Gasteiger partial charge < -0.3 is 10.6 Å². The van der Waals surface area contributed by atoms with Crippen LogP contribution in [-0.2, 0) is 28.3 Å². The molecule has 0 aromatic heterocycles. The number of hydrogen-bond donors (Lipinski definition) is 3. The molecule has 0 aliphatic rings. The molecule has 0 aliphatic heterocycles. The van der Waals surface area contributed by atoms with Gasteiger partial charge in [0.25, 0.3) is 0 Å². The van der Waals surface area contributed by atoms with E-state index in [0.717, 1.165) is 30.9 Å². The summed E-state index contributed by atoms with van der Waals surface area (Å²) in [5.74, 6) is 0.748. The number of guanidine groups is 1. The van der Waals surface area contributed by atoms with Gasteiger partial charge in [0.1, 0.15) is 0 Å². The fraction of sp³-hybridized carbons (Fsp3) is 0.409. The minimum atomic E-state index is -3.65. The van der Waals surface area contributed by atoms with Crippen LogP contribution in [0.25, 0.3) is 0 Å². The molecule has 0 aliphatic carbocycles. The van der Waals surface area contributed by atoms with Gasteiger partial charge in [0.05, 0.1) is 4.90 Å². The van der Waals surface area contributed by atoms with Gasteiger partial charge in [-0.25, -0.2) is 13.6 Å². The molecule has 6 nitrogen and oxygen atoms in total. The molecule has 8 heteroatoms. The molecule has 30 heavy (non-hydrogen) atoms. The van der Waals surface area contributed by atoms with E-state index >= 15 is 0 Å². The molecule has 2 aromatic carbocycles. The molecule has 0 saturated carbocycles. The fourth-order valence-electron chi connectivity index (χ4n) is 2.89. The first-order valence-electron chi connectivity index (χ1n) is 9.75. The summed E-state index contributed by atoms with van der Waals surface area (Å²) in [6.45, 7) is 8.13. The number of sulfonamides is 1. The summed E-state index contributed by atoms with van der Waals surface area (Å²) in [5, 5.41) is 11.7. The molecule has 4 N–H and O–H groups in total. The molecule has 0 bridgehead atoms. The molecular weight excluding hydrogens is 511 g/mol. The molecule has 0 spiro atoms. The van der Waals surface area contributed by atoms with Crippen molar-refractivity contribution in [1.29, 1.82) is 0 Å². The van der Waals surface area contributed by atoms with Crippen molar-refractivity contribution < 1.29 is 8.42 Å². The lowest BCUT2D eigenvalue weighted by Crippen LogP contribution is -2.39. The lowest BCUT2D eigenvalue weighted by atomic mass is 9.86. The highest BCUT2D eigenvalue weighted by atomic mass is 127. The Morgan fingerprint density at radius 3 is 1.70 bits per heavy atom. The van der Waals surface area contributed by atoms with E-state index in [1.165, 1.54) is 23.3 Å². The van der Waals surface area contributed by atoms with Gasteiger partial charge in [-0.3, -0.25) is 4.99 Å². The Kier molecular flexibility index (Phi) is 10.3. The first-order valence-corrected chi connectivity index (χ1v) is 11.3. The van der Waals surface area contributed by atoms with Crippen molar-refractivity contribution in [1.82, 2.24) is 10.6 Å². The number of halogens is 1. The summed E-state index contributed by atoms with van der Waals surface area (Å²) in [4.78, 5) is 4.37. The average Bonchev–Trinajstić information content (AvgIpc) is 2.66. The maximum atomic E-state index is 11.3. The Morgan fingerprint density at radius 1 is 0.900 bits per heavy atom. The topological polar surface area (TPSA) is 96.6 Å². The van der Waals surface area contributed by atoms with Crippen molar-refractivity contribution in [3.63, 3.8) is 0 Å². The van der Waals surface area contributed by atoms with E-state index in [0.29, 0.717) is 6.54 Å². The van der Waals surface area contributed by atoms with E-state index in [2.05, 4.69) is 60.7 Å². The van der Waals surface area contributed by atoms with Crippen LogP contribution in [0.3, 0.4) is 0 Å². The number of hydrogen-bond acceptors (Lipinski definition) is 3. The number of benzene rings is 2. The van der Waals surface area contributed by atoms with Gasteiger partial charge in [-0.2, -0.15) is 0 Å². The van der Waals surface area contributed by atoms with Crippen molar-refractivity contribution in [2.75, 3.05) is 20.1 Å². The van der Waals surface area contributed by atoms with Crippen LogP contribution < -0.4 is 15.8 Å². The van der Waals surface area contributed by atoms with Crippen LogP contribution in [0.5, 0.6) is 0 Å². The van der Waals surface area contributed by atoms with Crippen LogP contribution in [0.1, 0.15) is 37.5 Å². The molecule has 0 fully saturated rings. The van der Waals surface area contributed by atoms with Gasteiger partial charge in [-0.05, 0) is 47.1 Å². The Labute approximate surface area is 197 Å². The van der Waals surface area contributed by atoms with Crippen molar-refractivity contribution in [2.24, 2.45) is 10.1 Å². The third-order valence-corrected chi connectivity index (χ3v) is 5.64. The summed E-state index contributed by atoms with van der Waals surface area (Å²) in [6.07, 6.45) is 1.67. The predicted octanol–water partition coefficient (Wildman–Crippen LogP) is 3.20. The van der Waals surface area contributed by atoms with E-state index in [-0.39, 0.29) is 34.3 Å². The van der Waals surface area contributed by atoms with E-state index < -0.39 is 10.0 Å². The number of nitrogens with one attached hydrogen (secondary N) is 2. The van der Waals surface area contributed by atoms with Crippen LogP contribution in [-0.4, -0.2) is 34.5 Å². The van der Waals surface area contributed by atoms with Crippen molar-refractivity contribution in [2.45, 2.75) is 43.9 Å². The predicted molar refractivity (Wildman–Crippen MR) is 135 cm³/mol. The number of aliphatic imine (C=N–C) groups is 1. The average molecular weight is 545 g/mol. The molecule has 0 radical (unpaired) electrons. The largest absolute Gasteiger partial charge is 0.356 e. The van der Waals surface area contributed by atoms with E-state index in [1.807, 2.05) is 0 Å². The highest BCUT2D eigenvalue weighted by molar-refractivity contribution is 14.0. The van der Waals surface area contributed by atoms with Crippen molar-refractivity contribution >= 4 is 40.0 Å². The third-order valence-electron chi connectivity index (χ3n) is 4.71. The monoisotopic (exact) mass is 544 g/mol. The molecule has 0 saturated heterocycles. The van der Waals surface area contributed by atoms with E-state index in [9.17, 15) is 8.42 Å². The number of rotatable bonds is 7. The molecular formula is C22H33IN4O2S. The Balaban J connectivity index is 0.00000450. The highest BCUT2D eigenvalue weighted by Gasteiger charge is 2.12. The summed E-state index contributed by atoms with van der Waals surface area (Å²) >= 11 is 0. The molecule has 0 heterocycles. The maximum absolute atomic E-state index is 11.3. The molecule has 0 unspecified atom stereocenters. The van der Waals surface area contributed by atoms with Crippen molar-refractivity contribution in [3.05, 3.63) is 65.2 Å². The van der Waals surface area contributed by atoms with Crippen LogP contribution in [0.4, 0.5) is 0 Å². The second-order valence-corrected chi connectivity index (χ2v) is 9.62. The van der Waals surface area contributed by atoms with E-state index in [4.69, 9.17) is 5.14 Å². The Bertz CT molecular complexity index is 919. The van der Waals surface area contributed by atoms with Gasteiger partial charge >= 0.3 is 0 Å². The molecule has 2 aromatic rings. The SMILES string of the molecule is CN=C(NCCc1ccc(C(C)(C)C)cc1)NCCc1ccc(S(N)(=O)=O)cc1.I. The number of primary sulfonamides is 1. The second-order valence-electron chi connectivity index (χ2n) is 8.06. The van der Waals surface area contributed by atoms with Gasteiger partial charge in [-0.15, -0.1) is 24.0 Å². The molecule has 0 amide bonds. The standard InChI is InChI=1S/C22H32N4O2S.HI/c1-22(2,3)19-9-5-17(6-10-19)13-15-25-21(24-4)26-16-14-18-7-11-20(12-8-18)29(23,27)28;/h5-12H,13-16H2,1-4H3,(H2,23,27,28)(H2,24,25,26);1H.